The zero-order valence-electron chi connectivity index (χ0n) is 9.92. The second kappa shape index (κ2) is 6.83. The van der Waals surface area contributed by atoms with Crippen LogP contribution in [-0.4, -0.2) is 25.4 Å². The van der Waals surface area contributed by atoms with Gasteiger partial charge >= 0.3 is 0 Å². The molecule has 6 nitrogen and oxygen atoms in total. The van der Waals surface area contributed by atoms with Crippen molar-refractivity contribution in [2.24, 2.45) is 5.84 Å². The summed E-state index contributed by atoms with van der Waals surface area (Å²) >= 11 is 5.81. The lowest BCUT2D eigenvalue weighted by atomic mass is 10.1. The first-order chi connectivity index (χ1) is 8.58. The first kappa shape index (κ1) is 14.3. The lowest BCUT2D eigenvalue weighted by molar-refractivity contribution is -0.120. The molecule has 0 spiro atoms. The zero-order valence-corrected chi connectivity index (χ0v) is 10.7. The van der Waals surface area contributed by atoms with E-state index in [1.807, 2.05) is 0 Å². The number of nitrogens with one attached hydrogen (secondary N) is 3. The van der Waals surface area contributed by atoms with Crippen molar-refractivity contribution in [1.82, 2.24) is 10.6 Å². The van der Waals surface area contributed by atoms with Crippen LogP contribution in [0.5, 0.6) is 0 Å². The molecule has 7 heteroatoms. The average Bonchev–Trinajstić information content (AvgIpc) is 2.38. The molecule has 0 radical (unpaired) electrons. The van der Waals surface area contributed by atoms with Crippen LogP contribution in [0.4, 0.5) is 5.69 Å². The fourth-order valence-corrected chi connectivity index (χ4v) is 1.51. The van der Waals surface area contributed by atoms with Gasteiger partial charge in [-0.25, -0.2) is 0 Å². The minimum atomic E-state index is -0.339. The Kier molecular flexibility index (Phi) is 5.41. The van der Waals surface area contributed by atoms with E-state index >= 15 is 0 Å². The molecule has 0 aromatic heterocycles. The van der Waals surface area contributed by atoms with Crippen LogP contribution in [0.1, 0.15) is 16.8 Å². The Morgan fingerprint density at radius 2 is 2.11 bits per heavy atom. The first-order valence-corrected chi connectivity index (χ1v) is 5.71. The van der Waals surface area contributed by atoms with Crippen molar-refractivity contribution in [2.75, 3.05) is 19.0 Å². The highest BCUT2D eigenvalue weighted by Gasteiger charge is 2.11. The van der Waals surface area contributed by atoms with Gasteiger partial charge in [0.1, 0.15) is 0 Å². The van der Waals surface area contributed by atoms with E-state index in [-0.39, 0.29) is 24.8 Å². The number of halogens is 1. The third kappa shape index (κ3) is 3.90. The predicted molar refractivity (Wildman–Crippen MR) is 70.3 cm³/mol. The molecule has 1 rings (SSSR count). The van der Waals surface area contributed by atoms with Crippen LogP contribution in [0.2, 0.25) is 5.02 Å². The summed E-state index contributed by atoms with van der Waals surface area (Å²) in [7, 11) is 1.54. The van der Waals surface area contributed by atoms with Gasteiger partial charge in [0.05, 0.1) is 11.3 Å². The zero-order chi connectivity index (χ0) is 13.5. The van der Waals surface area contributed by atoms with Crippen LogP contribution in [0.25, 0.3) is 0 Å². The van der Waals surface area contributed by atoms with Crippen molar-refractivity contribution >= 4 is 29.1 Å². The van der Waals surface area contributed by atoms with E-state index in [1.54, 1.807) is 12.1 Å². The van der Waals surface area contributed by atoms with Gasteiger partial charge in [0.2, 0.25) is 5.91 Å². The topological polar surface area (TPSA) is 96.2 Å². The van der Waals surface area contributed by atoms with Gasteiger partial charge in [-0.15, -0.1) is 0 Å². The third-order valence-electron chi connectivity index (χ3n) is 2.30. The number of hydrogen-bond acceptors (Lipinski definition) is 4. The van der Waals surface area contributed by atoms with E-state index in [0.29, 0.717) is 16.3 Å². The van der Waals surface area contributed by atoms with Gasteiger partial charge in [-0.1, -0.05) is 11.6 Å². The molecule has 0 fully saturated rings. The lowest BCUT2D eigenvalue weighted by Crippen LogP contribution is -2.30. The number of hydrogen-bond donors (Lipinski definition) is 4. The van der Waals surface area contributed by atoms with E-state index in [4.69, 9.17) is 17.4 Å². The van der Waals surface area contributed by atoms with Crippen molar-refractivity contribution in [3.63, 3.8) is 0 Å². The van der Waals surface area contributed by atoms with E-state index in [9.17, 15) is 9.59 Å². The molecule has 0 aliphatic carbocycles. The minimum Gasteiger partial charge on any atom is -0.359 e. The fraction of sp³-hybridized carbons (Fsp3) is 0.273. The highest BCUT2D eigenvalue weighted by Crippen LogP contribution is 2.19. The standard InChI is InChI=1S/C11H15ClN4O2/c1-14-10(17)4-5-15-11(18)8-6-7(12)2-3-9(8)16-13/h2-3,6,16H,4-5,13H2,1H3,(H,14,17)(H,15,18). The van der Waals surface area contributed by atoms with Crippen LogP contribution in [0, 0.1) is 0 Å². The second-order valence-electron chi connectivity index (χ2n) is 3.51. The number of anilines is 1. The molecule has 0 heterocycles. The molecule has 1 aromatic carbocycles. The fourth-order valence-electron chi connectivity index (χ4n) is 1.34. The van der Waals surface area contributed by atoms with Crippen molar-refractivity contribution in [1.29, 1.82) is 0 Å². The van der Waals surface area contributed by atoms with Gasteiger partial charge < -0.3 is 16.1 Å². The minimum absolute atomic E-state index is 0.140. The molecule has 5 N–H and O–H groups in total. The Morgan fingerprint density at radius 1 is 1.39 bits per heavy atom. The summed E-state index contributed by atoms with van der Waals surface area (Å²) in [5.41, 5.74) is 3.22. The Balaban J connectivity index is 2.66. The van der Waals surface area contributed by atoms with E-state index < -0.39 is 0 Å². The maximum absolute atomic E-state index is 11.8. The number of hydrazine groups is 1. The van der Waals surface area contributed by atoms with E-state index in [2.05, 4.69) is 16.1 Å². The smallest absolute Gasteiger partial charge is 0.253 e. The number of nitrogen functional groups attached to an aromatic ring is 1. The molecule has 1 aromatic rings. The molecule has 98 valence electrons. The summed E-state index contributed by atoms with van der Waals surface area (Å²) in [6.07, 6.45) is 0.216. The molecule has 2 amide bonds. The first-order valence-electron chi connectivity index (χ1n) is 5.33. The van der Waals surface area contributed by atoms with Gasteiger partial charge in [-0.3, -0.25) is 15.4 Å². The molecule has 0 bridgehead atoms. The molecule has 0 aliphatic rings. The molecule has 0 saturated heterocycles. The Labute approximate surface area is 110 Å². The maximum atomic E-state index is 11.8. The van der Waals surface area contributed by atoms with E-state index in [0.717, 1.165) is 0 Å². The summed E-state index contributed by atoms with van der Waals surface area (Å²) < 4.78 is 0. The highest BCUT2D eigenvalue weighted by atomic mass is 35.5. The SMILES string of the molecule is CNC(=O)CCNC(=O)c1cc(Cl)ccc1NN. The van der Waals surface area contributed by atoms with Crippen molar-refractivity contribution in [3.05, 3.63) is 28.8 Å². The second-order valence-corrected chi connectivity index (χ2v) is 3.95. The van der Waals surface area contributed by atoms with Crippen LogP contribution < -0.4 is 21.9 Å². The third-order valence-corrected chi connectivity index (χ3v) is 2.53. The average molecular weight is 271 g/mol. The lowest BCUT2D eigenvalue weighted by Gasteiger charge is -2.09. The summed E-state index contributed by atoms with van der Waals surface area (Å²) in [6.45, 7) is 0.245. The molecule has 18 heavy (non-hydrogen) atoms. The van der Waals surface area contributed by atoms with Gasteiger partial charge in [-0.2, -0.15) is 0 Å². The number of rotatable bonds is 5. The predicted octanol–water partition coefficient (Wildman–Crippen LogP) is 0.491. The van der Waals surface area contributed by atoms with Crippen molar-refractivity contribution in [2.45, 2.75) is 6.42 Å². The maximum Gasteiger partial charge on any atom is 0.253 e. The monoisotopic (exact) mass is 270 g/mol. The Bertz CT molecular complexity index is 451. The van der Waals surface area contributed by atoms with Crippen molar-refractivity contribution < 1.29 is 9.59 Å². The molecular formula is C11H15ClN4O2. The normalized spacial score (nSPS) is 9.72. The number of carbonyl (C=O) groups excluding carboxylic acids is 2. The highest BCUT2D eigenvalue weighted by molar-refractivity contribution is 6.31. The number of nitrogens with two attached hydrogens (primary N) is 1. The Morgan fingerprint density at radius 3 is 2.72 bits per heavy atom. The van der Waals surface area contributed by atoms with E-state index in [1.165, 1.54) is 13.1 Å². The number of benzene rings is 1. The summed E-state index contributed by atoms with van der Waals surface area (Å²) in [5, 5.41) is 5.51. The molecule has 0 atom stereocenters. The molecule has 0 unspecified atom stereocenters. The number of carbonyl (C=O) groups is 2. The summed E-state index contributed by atoms with van der Waals surface area (Å²) in [4.78, 5) is 22.8. The van der Waals surface area contributed by atoms with Crippen LogP contribution in [0.15, 0.2) is 18.2 Å². The molecular weight excluding hydrogens is 256 g/mol. The van der Waals surface area contributed by atoms with Crippen LogP contribution >= 0.6 is 11.6 Å². The van der Waals surface area contributed by atoms with Crippen molar-refractivity contribution in [3.8, 4) is 0 Å². The summed E-state index contributed by atoms with van der Waals surface area (Å²) in [6, 6.07) is 4.74. The van der Waals surface area contributed by atoms with Crippen LogP contribution in [-0.2, 0) is 4.79 Å². The van der Waals surface area contributed by atoms with Gasteiger partial charge in [0.15, 0.2) is 0 Å². The quantitative estimate of drug-likeness (QED) is 0.462. The van der Waals surface area contributed by atoms with Gasteiger partial charge in [0, 0.05) is 25.0 Å². The Hall–Kier alpha value is -1.79. The summed E-state index contributed by atoms with van der Waals surface area (Å²) in [5.74, 6) is 4.82. The van der Waals surface area contributed by atoms with Gasteiger partial charge in [-0.05, 0) is 18.2 Å². The molecule has 0 saturated carbocycles. The number of amides is 2. The molecule has 0 aliphatic heterocycles. The van der Waals surface area contributed by atoms with Crippen LogP contribution in [0.3, 0.4) is 0 Å². The largest absolute Gasteiger partial charge is 0.359 e. The van der Waals surface area contributed by atoms with Gasteiger partial charge in [0.25, 0.3) is 5.91 Å².